The van der Waals surface area contributed by atoms with Gasteiger partial charge in [0.15, 0.2) is 0 Å². The molecule has 1 N–H and O–H groups in total. The zero-order chi connectivity index (χ0) is 10.3. The van der Waals surface area contributed by atoms with E-state index in [1.165, 1.54) is 19.3 Å². The van der Waals surface area contributed by atoms with Gasteiger partial charge in [-0.25, -0.2) is 4.98 Å². The highest BCUT2D eigenvalue weighted by atomic mass is 16.3. The van der Waals surface area contributed by atoms with E-state index in [0.29, 0.717) is 6.54 Å². The summed E-state index contributed by atoms with van der Waals surface area (Å²) in [6.07, 6.45) is 9.19. The zero-order valence-corrected chi connectivity index (χ0v) is 8.79. The lowest BCUT2D eigenvalue weighted by atomic mass is 10.3. The highest BCUT2D eigenvalue weighted by Crippen LogP contribution is 2.42. The number of nitrogens with zero attached hydrogens (tertiary/aromatic N) is 3. The Balaban J connectivity index is 1.48. The van der Waals surface area contributed by atoms with Crippen LogP contribution in [0.3, 0.4) is 0 Å². The molecule has 1 aliphatic carbocycles. The smallest absolute Gasteiger partial charge is 0.0946 e. The molecule has 0 spiro atoms. The molecule has 1 saturated heterocycles. The van der Waals surface area contributed by atoms with Gasteiger partial charge in [-0.2, -0.15) is 0 Å². The first-order valence-electron chi connectivity index (χ1n) is 5.74. The molecule has 1 saturated carbocycles. The van der Waals surface area contributed by atoms with Gasteiger partial charge in [0, 0.05) is 31.0 Å². The van der Waals surface area contributed by atoms with E-state index in [4.69, 9.17) is 0 Å². The molecule has 3 rings (SSSR count). The summed E-state index contributed by atoms with van der Waals surface area (Å²) in [6.45, 7) is 1.49. The van der Waals surface area contributed by atoms with Crippen LogP contribution in [0.15, 0.2) is 18.7 Å². The zero-order valence-electron chi connectivity index (χ0n) is 8.79. The molecule has 0 radical (unpaired) electrons. The number of aliphatic hydroxyl groups excluding tert-OH is 1. The Kier molecular flexibility index (Phi) is 2.25. The lowest BCUT2D eigenvalue weighted by Crippen LogP contribution is -2.26. The van der Waals surface area contributed by atoms with Crippen molar-refractivity contribution in [3.8, 4) is 0 Å². The molecule has 82 valence electrons. The van der Waals surface area contributed by atoms with Gasteiger partial charge in [0.2, 0.25) is 0 Å². The summed E-state index contributed by atoms with van der Waals surface area (Å²) in [5.41, 5.74) is 0. The highest BCUT2D eigenvalue weighted by molar-refractivity contribution is 5.06. The first-order valence-corrected chi connectivity index (χ1v) is 5.74. The number of piperidine rings is 1. The number of fused-ring (bicyclic) bond motifs is 1. The maximum absolute atomic E-state index is 9.90. The average Bonchev–Trinajstić information content (AvgIpc) is 2.65. The number of rotatable bonds is 4. The van der Waals surface area contributed by atoms with Crippen LogP contribution in [0.2, 0.25) is 0 Å². The second kappa shape index (κ2) is 3.61. The fraction of sp³-hybridized carbons (Fsp3) is 0.727. The lowest BCUT2D eigenvalue weighted by molar-refractivity contribution is 0.127. The maximum Gasteiger partial charge on any atom is 0.0946 e. The molecule has 3 unspecified atom stereocenters. The summed E-state index contributed by atoms with van der Waals surface area (Å²) >= 11 is 0. The molecule has 1 aromatic heterocycles. The average molecular weight is 207 g/mol. The summed E-state index contributed by atoms with van der Waals surface area (Å²) in [5, 5.41) is 9.90. The highest BCUT2D eigenvalue weighted by Gasteiger charge is 2.50. The van der Waals surface area contributed by atoms with Gasteiger partial charge in [0.1, 0.15) is 0 Å². The van der Waals surface area contributed by atoms with Crippen molar-refractivity contribution in [3.05, 3.63) is 18.7 Å². The quantitative estimate of drug-likeness (QED) is 0.730. The number of aromatic nitrogens is 2. The third-order valence-electron chi connectivity index (χ3n) is 3.61. The minimum atomic E-state index is -0.259. The van der Waals surface area contributed by atoms with Gasteiger partial charge in [-0.1, -0.05) is 6.42 Å². The first kappa shape index (κ1) is 9.36. The second-order valence-electron chi connectivity index (χ2n) is 4.68. The van der Waals surface area contributed by atoms with Crippen LogP contribution in [-0.2, 0) is 6.54 Å². The van der Waals surface area contributed by atoms with Crippen molar-refractivity contribution in [1.29, 1.82) is 0 Å². The molecular weight excluding hydrogens is 190 g/mol. The van der Waals surface area contributed by atoms with E-state index in [0.717, 1.165) is 18.6 Å². The predicted octanol–water partition coefficient (Wildman–Crippen LogP) is 0.481. The molecular formula is C11H17N3O. The van der Waals surface area contributed by atoms with E-state index >= 15 is 0 Å². The standard InChI is InChI=1S/C11H17N3O/c15-9(6-13-5-4-12-8-13)7-14-10-2-1-3-11(10)14/h4-5,8-11,15H,1-3,6-7H2. The van der Waals surface area contributed by atoms with Crippen molar-refractivity contribution >= 4 is 0 Å². The van der Waals surface area contributed by atoms with E-state index < -0.39 is 0 Å². The van der Waals surface area contributed by atoms with Gasteiger partial charge < -0.3 is 9.67 Å². The van der Waals surface area contributed by atoms with Crippen molar-refractivity contribution in [2.45, 2.75) is 44.0 Å². The topological polar surface area (TPSA) is 41.1 Å². The first-order chi connectivity index (χ1) is 7.34. The molecule has 2 fully saturated rings. The van der Waals surface area contributed by atoms with Gasteiger partial charge >= 0.3 is 0 Å². The van der Waals surface area contributed by atoms with E-state index in [-0.39, 0.29) is 6.10 Å². The molecule has 2 aliphatic rings. The van der Waals surface area contributed by atoms with Gasteiger partial charge in [-0.15, -0.1) is 0 Å². The predicted molar refractivity (Wildman–Crippen MR) is 56.4 cm³/mol. The number of hydrogen-bond acceptors (Lipinski definition) is 3. The molecule has 0 bridgehead atoms. The number of aliphatic hydroxyl groups is 1. The fourth-order valence-electron chi connectivity index (χ4n) is 2.85. The lowest BCUT2D eigenvalue weighted by Gasteiger charge is -2.14. The molecule has 1 aliphatic heterocycles. The van der Waals surface area contributed by atoms with Gasteiger partial charge in [0.05, 0.1) is 19.0 Å². The second-order valence-corrected chi connectivity index (χ2v) is 4.68. The van der Waals surface area contributed by atoms with Gasteiger partial charge in [-0.05, 0) is 12.8 Å². The minimum absolute atomic E-state index is 0.259. The summed E-state index contributed by atoms with van der Waals surface area (Å²) < 4.78 is 1.93. The van der Waals surface area contributed by atoms with Crippen molar-refractivity contribution in [2.24, 2.45) is 0 Å². The Morgan fingerprint density at radius 2 is 2.13 bits per heavy atom. The molecule has 2 heterocycles. The van der Waals surface area contributed by atoms with Gasteiger partial charge in [-0.3, -0.25) is 4.90 Å². The van der Waals surface area contributed by atoms with E-state index in [9.17, 15) is 5.11 Å². The summed E-state index contributed by atoms with van der Waals surface area (Å²) in [6, 6.07) is 1.59. The molecule has 4 heteroatoms. The molecule has 15 heavy (non-hydrogen) atoms. The molecule has 3 atom stereocenters. The molecule has 4 nitrogen and oxygen atoms in total. The van der Waals surface area contributed by atoms with Crippen LogP contribution in [0, 0.1) is 0 Å². The van der Waals surface area contributed by atoms with Gasteiger partial charge in [0.25, 0.3) is 0 Å². The molecule has 0 amide bonds. The SMILES string of the molecule is OC(CN1C2CCCC21)Cn1ccnc1. The van der Waals surface area contributed by atoms with Crippen LogP contribution in [0.4, 0.5) is 0 Å². The molecule has 0 aromatic carbocycles. The van der Waals surface area contributed by atoms with Crippen LogP contribution in [0.5, 0.6) is 0 Å². The van der Waals surface area contributed by atoms with Crippen LogP contribution in [-0.4, -0.2) is 44.3 Å². The third-order valence-corrected chi connectivity index (χ3v) is 3.61. The molecule has 1 aromatic rings. The normalized spacial score (nSPS) is 35.1. The number of likely N-dealkylation sites (tertiary alicyclic amines) is 1. The van der Waals surface area contributed by atoms with Crippen LogP contribution < -0.4 is 0 Å². The minimum Gasteiger partial charge on any atom is -0.390 e. The Morgan fingerprint density at radius 1 is 1.33 bits per heavy atom. The van der Waals surface area contributed by atoms with Crippen LogP contribution >= 0.6 is 0 Å². The Bertz CT molecular complexity index is 315. The number of imidazole rings is 1. The summed E-state index contributed by atoms with van der Waals surface area (Å²) in [5.74, 6) is 0. The third kappa shape index (κ3) is 1.79. The van der Waals surface area contributed by atoms with Crippen LogP contribution in [0.25, 0.3) is 0 Å². The fourth-order valence-corrected chi connectivity index (χ4v) is 2.85. The van der Waals surface area contributed by atoms with Crippen molar-refractivity contribution in [1.82, 2.24) is 14.5 Å². The number of hydrogen-bond donors (Lipinski definition) is 1. The summed E-state index contributed by atoms with van der Waals surface area (Å²) in [4.78, 5) is 6.40. The van der Waals surface area contributed by atoms with Crippen molar-refractivity contribution in [2.75, 3.05) is 6.54 Å². The van der Waals surface area contributed by atoms with E-state index in [1.54, 1.807) is 12.5 Å². The van der Waals surface area contributed by atoms with E-state index in [2.05, 4.69) is 9.88 Å². The van der Waals surface area contributed by atoms with E-state index in [1.807, 2.05) is 10.8 Å². The Hall–Kier alpha value is -0.870. The van der Waals surface area contributed by atoms with Crippen LogP contribution in [0.1, 0.15) is 19.3 Å². The Labute approximate surface area is 89.5 Å². The van der Waals surface area contributed by atoms with Crippen molar-refractivity contribution in [3.63, 3.8) is 0 Å². The monoisotopic (exact) mass is 207 g/mol. The maximum atomic E-state index is 9.90. The number of β-amino-alcohol motifs (C(OH)–C–C–N with tert-alkyl or cyclic N) is 1. The van der Waals surface area contributed by atoms with Crippen molar-refractivity contribution < 1.29 is 5.11 Å². The largest absolute Gasteiger partial charge is 0.390 e. The summed E-state index contributed by atoms with van der Waals surface area (Å²) in [7, 11) is 0. The Morgan fingerprint density at radius 3 is 2.80 bits per heavy atom.